The Morgan fingerprint density at radius 3 is 2.33 bits per heavy atom. The number of carbonyl (C=O) groups excluding carboxylic acids is 1. The third-order valence-corrected chi connectivity index (χ3v) is 3.43. The maximum absolute atomic E-state index is 12.1. The highest BCUT2D eigenvalue weighted by Crippen LogP contribution is 2.18. The predicted molar refractivity (Wildman–Crippen MR) is 87.6 cm³/mol. The van der Waals surface area contributed by atoms with Crippen molar-refractivity contribution in [3.05, 3.63) is 59.1 Å². The van der Waals surface area contributed by atoms with E-state index in [4.69, 9.17) is 11.6 Å². The van der Waals surface area contributed by atoms with Gasteiger partial charge in [0.1, 0.15) is 5.75 Å². The molecule has 4 nitrogen and oxygen atoms in total. The number of hydrogen-bond donors (Lipinski definition) is 2. The van der Waals surface area contributed by atoms with E-state index in [0.717, 1.165) is 0 Å². The number of amidine groups is 1. The van der Waals surface area contributed by atoms with E-state index in [1.165, 1.54) is 23.9 Å². The van der Waals surface area contributed by atoms with Crippen LogP contribution in [-0.4, -0.2) is 22.4 Å². The van der Waals surface area contributed by atoms with Crippen molar-refractivity contribution in [2.75, 3.05) is 6.26 Å². The number of thioether (sulfide) groups is 1. The Labute approximate surface area is 131 Å². The van der Waals surface area contributed by atoms with Crippen molar-refractivity contribution < 1.29 is 9.90 Å². The molecule has 0 aliphatic heterocycles. The standard InChI is InChI=1S/C15H13ClN2O2S/c1-21-15(17-12-6-8-13(19)9-7-12)18-14(20)10-2-4-11(16)5-3-10/h2-9,19H,1H3,(H,17,18,20). The summed E-state index contributed by atoms with van der Waals surface area (Å²) in [4.78, 5) is 16.4. The summed E-state index contributed by atoms with van der Waals surface area (Å²) in [5.41, 5.74) is 1.15. The first-order chi connectivity index (χ1) is 10.1. The van der Waals surface area contributed by atoms with Crippen molar-refractivity contribution in [3.63, 3.8) is 0 Å². The van der Waals surface area contributed by atoms with E-state index >= 15 is 0 Å². The molecule has 0 bridgehead atoms. The minimum atomic E-state index is -0.251. The van der Waals surface area contributed by atoms with Crippen molar-refractivity contribution in [1.29, 1.82) is 0 Å². The third kappa shape index (κ3) is 4.51. The van der Waals surface area contributed by atoms with Crippen molar-refractivity contribution in [1.82, 2.24) is 5.32 Å². The highest BCUT2D eigenvalue weighted by Gasteiger charge is 2.08. The van der Waals surface area contributed by atoms with E-state index in [0.29, 0.717) is 21.4 Å². The second-order valence-electron chi connectivity index (χ2n) is 4.10. The summed E-state index contributed by atoms with van der Waals surface area (Å²) >= 11 is 7.11. The van der Waals surface area contributed by atoms with Gasteiger partial charge in [-0.3, -0.25) is 4.79 Å². The zero-order valence-electron chi connectivity index (χ0n) is 11.2. The lowest BCUT2D eigenvalue weighted by molar-refractivity contribution is 0.0978. The Bertz CT molecular complexity index is 654. The summed E-state index contributed by atoms with van der Waals surface area (Å²) in [5.74, 6) is -0.0802. The lowest BCUT2D eigenvalue weighted by Gasteiger charge is -2.06. The molecule has 108 valence electrons. The Morgan fingerprint density at radius 2 is 1.76 bits per heavy atom. The third-order valence-electron chi connectivity index (χ3n) is 2.60. The summed E-state index contributed by atoms with van der Waals surface area (Å²) in [6.07, 6.45) is 1.82. The zero-order chi connectivity index (χ0) is 15.2. The van der Waals surface area contributed by atoms with Gasteiger partial charge in [-0.05, 0) is 54.8 Å². The number of halogens is 1. The number of amides is 1. The maximum atomic E-state index is 12.1. The van der Waals surface area contributed by atoms with Gasteiger partial charge in [-0.15, -0.1) is 0 Å². The molecule has 0 saturated carbocycles. The molecule has 2 aromatic carbocycles. The van der Waals surface area contributed by atoms with Crippen LogP contribution in [0.5, 0.6) is 5.75 Å². The smallest absolute Gasteiger partial charge is 0.257 e. The fourth-order valence-corrected chi connectivity index (χ4v) is 2.06. The molecule has 0 unspecified atom stereocenters. The van der Waals surface area contributed by atoms with Gasteiger partial charge in [-0.2, -0.15) is 0 Å². The molecule has 21 heavy (non-hydrogen) atoms. The van der Waals surface area contributed by atoms with Gasteiger partial charge in [0, 0.05) is 10.6 Å². The van der Waals surface area contributed by atoms with Gasteiger partial charge >= 0.3 is 0 Å². The van der Waals surface area contributed by atoms with Crippen molar-refractivity contribution in [2.45, 2.75) is 0 Å². The molecular formula is C15H13ClN2O2S. The van der Waals surface area contributed by atoms with Crippen molar-refractivity contribution in [3.8, 4) is 5.75 Å². The van der Waals surface area contributed by atoms with Gasteiger partial charge in [0.25, 0.3) is 5.91 Å². The zero-order valence-corrected chi connectivity index (χ0v) is 12.8. The number of hydrogen-bond acceptors (Lipinski definition) is 4. The van der Waals surface area contributed by atoms with E-state index in [-0.39, 0.29) is 11.7 Å². The first-order valence-corrected chi connectivity index (χ1v) is 7.67. The van der Waals surface area contributed by atoms with Crippen LogP contribution in [-0.2, 0) is 0 Å². The summed E-state index contributed by atoms with van der Waals surface area (Å²) in [7, 11) is 0. The molecule has 2 rings (SSSR count). The minimum Gasteiger partial charge on any atom is -0.508 e. The molecule has 0 aliphatic rings. The molecule has 0 atom stereocenters. The summed E-state index contributed by atoms with van der Waals surface area (Å²) in [6, 6.07) is 13.0. The van der Waals surface area contributed by atoms with Crippen LogP contribution in [0.1, 0.15) is 10.4 Å². The van der Waals surface area contributed by atoms with Crippen LogP contribution in [0.2, 0.25) is 5.02 Å². The molecule has 0 saturated heterocycles. The number of aliphatic imine (C=N–C) groups is 1. The van der Waals surface area contributed by atoms with Gasteiger partial charge in [-0.1, -0.05) is 23.4 Å². The Hall–Kier alpha value is -1.98. The number of nitrogens with zero attached hydrogens (tertiary/aromatic N) is 1. The lowest BCUT2D eigenvalue weighted by atomic mass is 10.2. The van der Waals surface area contributed by atoms with Crippen LogP contribution >= 0.6 is 23.4 Å². The molecule has 0 aromatic heterocycles. The molecule has 0 spiro atoms. The predicted octanol–water partition coefficient (Wildman–Crippen LogP) is 3.83. The molecule has 2 N–H and O–H groups in total. The SMILES string of the molecule is CSC(=Nc1ccc(O)cc1)NC(=O)c1ccc(Cl)cc1. The molecular weight excluding hydrogens is 308 g/mol. The van der Waals surface area contributed by atoms with Gasteiger partial charge in [0.05, 0.1) is 5.69 Å². The summed E-state index contributed by atoms with van der Waals surface area (Å²) in [5, 5.41) is 13.0. The minimum absolute atomic E-state index is 0.171. The Morgan fingerprint density at radius 1 is 1.14 bits per heavy atom. The molecule has 2 aromatic rings. The van der Waals surface area contributed by atoms with Gasteiger partial charge in [-0.25, -0.2) is 4.99 Å². The second kappa shape index (κ2) is 7.15. The molecule has 1 amide bonds. The van der Waals surface area contributed by atoms with Gasteiger partial charge < -0.3 is 10.4 Å². The number of rotatable bonds is 2. The molecule has 6 heteroatoms. The van der Waals surface area contributed by atoms with Crippen molar-refractivity contribution in [2.24, 2.45) is 4.99 Å². The average molecular weight is 321 g/mol. The molecule has 0 heterocycles. The van der Waals surface area contributed by atoms with Crippen LogP contribution in [0, 0.1) is 0 Å². The number of nitrogens with one attached hydrogen (secondary N) is 1. The van der Waals surface area contributed by atoms with Crippen LogP contribution in [0.4, 0.5) is 5.69 Å². The highest BCUT2D eigenvalue weighted by molar-refractivity contribution is 8.13. The van der Waals surface area contributed by atoms with Crippen molar-refractivity contribution >= 4 is 40.1 Å². The van der Waals surface area contributed by atoms with Crippen LogP contribution in [0.25, 0.3) is 0 Å². The van der Waals surface area contributed by atoms with E-state index in [2.05, 4.69) is 10.3 Å². The average Bonchev–Trinajstić information content (AvgIpc) is 2.49. The molecule has 0 aliphatic carbocycles. The normalized spacial score (nSPS) is 11.2. The van der Waals surface area contributed by atoms with E-state index < -0.39 is 0 Å². The molecule has 0 radical (unpaired) electrons. The van der Waals surface area contributed by atoms with Crippen LogP contribution in [0.3, 0.4) is 0 Å². The number of phenolic OH excluding ortho intramolecular Hbond substituents is 1. The summed E-state index contributed by atoms with van der Waals surface area (Å²) < 4.78 is 0. The fraction of sp³-hybridized carbons (Fsp3) is 0.0667. The van der Waals surface area contributed by atoms with E-state index in [9.17, 15) is 9.90 Å². The van der Waals surface area contributed by atoms with Crippen LogP contribution in [0.15, 0.2) is 53.5 Å². The Kier molecular flexibility index (Phi) is 5.25. The number of benzene rings is 2. The van der Waals surface area contributed by atoms with E-state index in [1.54, 1.807) is 36.4 Å². The second-order valence-corrected chi connectivity index (χ2v) is 5.33. The Balaban J connectivity index is 2.13. The quantitative estimate of drug-likeness (QED) is 0.653. The van der Waals surface area contributed by atoms with Gasteiger partial charge in [0.15, 0.2) is 5.17 Å². The number of phenols is 1. The first kappa shape index (κ1) is 15.4. The topological polar surface area (TPSA) is 61.7 Å². The summed E-state index contributed by atoms with van der Waals surface area (Å²) in [6.45, 7) is 0. The first-order valence-electron chi connectivity index (χ1n) is 6.07. The fourth-order valence-electron chi connectivity index (χ4n) is 1.54. The largest absolute Gasteiger partial charge is 0.508 e. The van der Waals surface area contributed by atoms with E-state index in [1.807, 2.05) is 6.26 Å². The highest BCUT2D eigenvalue weighted by atomic mass is 35.5. The monoisotopic (exact) mass is 320 g/mol. The maximum Gasteiger partial charge on any atom is 0.257 e. The number of carbonyl (C=O) groups is 1. The van der Waals surface area contributed by atoms with Crippen LogP contribution < -0.4 is 5.32 Å². The lowest BCUT2D eigenvalue weighted by Crippen LogP contribution is -2.27. The molecule has 0 fully saturated rings. The van der Waals surface area contributed by atoms with Gasteiger partial charge in [0.2, 0.25) is 0 Å². The number of aromatic hydroxyl groups is 1.